The molecule has 0 unspecified atom stereocenters. The normalized spacial score (nSPS) is 25.5. The van der Waals surface area contributed by atoms with Gasteiger partial charge in [-0.05, 0) is 31.5 Å². The van der Waals surface area contributed by atoms with Gasteiger partial charge < -0.3 is 15.0 Å². The number of carbonyl (C=O) groups excluding carboxylic acids is 3. The van der Waals surface area contributed by atoms with E-state index in [9.17, 15) is 18.8 Å². The van der Waals surface area contributed by atoms with Gasteiger partial charge in [0, 0.05) is 17.9 Å². The van der Waals surface area contributed by atoms with Gasteiger partial charge in [-0.25, -0.2) is 9.18 Å². The number of rotatable bonds is 4. The van der Waals surface area contributed by atoms with Gasteiger partial charge in [-0.2, -0.15) is 0 Å². The van der Waals surface area contributed by atoms with Gasteiger partial charge in [-0.3, -0.25) is 9.59 Å². The SMILES string of the molecule is C[C@]12CCC(=O)N1[C@H](C(=O)OCC(=O)Nc1cccc(F)c1)CS2. The van der Waals surface area contributed by atoms with Crippen LogP contribution in [-0.4, -0.2) is 46.0 Å². The van der Waals surface area contributed by atoms with Crippen LogP contribution >= 0.6 is 11.8 Å². The first-order valence-electron chi connectivity index (χ1n) is 7.57. The zero-order chi connectivity index (χ0) is 17.3. The maximum atomic E-state index is 13.1. The van der Waals surface area contributed by atoms with Crippen molar-refractivity contribution in [3.8, 4) is 0 Å². The monoisotopic (exact) mass is 352 g/mol. The molecule has 0 saturated carbocycles. The van der Waals surface area contributed by atoms with Crippen LogP contribution in [0.25, 0.3) is 0 Å². The standard InChI is InChI=1S/C16H17FN2O4S/c1-16-6-5-14(21)19(16)12(9-24-16)15(22)23-8-13(20)18-11-4-2-3-10(17)7-11/h2-4,7,12H,5-6,8-9H2,1H3,(H,18,20)/t12-,16-/m0/s1. The molecule has 0 aliphatic carbocycles. The summed E-state index contributed by atoms with van der Waals surface area (Å²) in [5, 5.41) is 2.45. The molecule has 2 aliphatic heterocycles. The molecule has 1 N–H and O–H groups in total. The first-order valence-corrected chi connectivity index (χ1v) is 8.56. The van der Waals surface area contributed by atoms with Crippen molar-refractivity contribution < 1.29 is 23.5 Å². The lowest BCUT2D eigenvalue weighted by Crippen LogP contribution is -2.47. The van der Waals surface area contributed by atoms with E-state index in [0.717, 1.165) is 0 Å². The summed E-state index contributed by atoms with van der Waals surface area (Å²) in [5.74, 6) is -1.22. The minimum Gasteiger partial charge on any atom is -0.454 e. The molecule has 2 aliphatic rings. The number of hydrogen-bond acceptors (Lipinski definition) is 5. The Hall–Kier alpha value is -2.09. The first kappa shape index (κ1) is 16.8. The Bertz CT molecular complexity index is 698. The van der Waals surface area contributed by atoms with E-state index in [2.05, 4.69) is 5.32 Å². The van der Waals surface area contributed by atoms with E-state index in [4.69, 9.17) is 4.74 Å². The van der Waals surface area contributed by atoms with Gasteiger partial charge in [0.05, 0.1) is 4.87 Å². The summed E-state index contributed by atoms with van der Waals surface area (Å²) in [6, 6.07) is 4.77. The molecule has 0 spiro atoms. The highest BCUT2D eigenvalue weighted by molar-refractivity contribution is 8.01. The molecule has 128 valence electrons. The van der Waals surface area contributed by atoms with Crippen molar-refractivity contribution in [2.45, 2.75) is 30.7 Å². The van der Waals surface area contributed by atoms with E-state index in [1.54, 1.807) is 16.7 Å². The van der Waals surface area contributed by atoms with Gasteiger partial charge in [-0.1, -0.05) is 6.07 Å². The molecule has 0 aromatic heterocycles. The van der Waals surface area contributed by atoms with Crippen LogP contribution in [0, 0.1) is 5.82 Å². The predicted molar refractivity (Wildman–Crippen MR) is 86.7 cm³/mol. The molecule has 3 rings (SSSR count). The lowest BCUT2D eigenvalue weighted by molar-refractivity contribution is -0.155. The molecule has 0 radical (unpaired) electrons. The molecule has 2 fully saturated rings. The van der Waals surface area contributed by atoms with Crippen molar-refractivity contribution in [2.75, 3.05) is 17.7 Å². The number of halogens is 1. The number of ether oxygens (including phenoxy) is 1. The van der Waals surface area contributed by atoms with Gasteiger partial charge in [-0.15, -0.1) is 11.8 Å². The Morgan fingerprint density at radius 2 is 2.29 bits per heavy atom. The number of nitrogens with one attached hydrogen (secondary N) is 1. The fourth-order valence-electron chi connectivity index (χ4n) is 2.99. The quantitative estimate of drug-likeness (QED) is 0.836. The minimum atomic E-state index is -0.656. The van der Waals surface area contributed by atoms with Gasteiger partial charge in [0.2, 0.25) is 5.91 Å². The van der Waals surface area contributed by atoms with E-state index >= 15 is 0 Å². The Labute approximate surface area is 142 Å². The van der Waals surface area contributed by atoms with Crippen LogP contribution in [-0.2, 0) is 19.1 Å². The van der Waals surface area contributed by atoms with Gasteiger partial charge >= 0.3 is 5.97 Å². The van der Waals surface area contributed by atoms with Crippen molar-refractivity contribution in [1.29, 1.82) is 0 Å². The Morgan fingerprint density at radius 1 is 1.50 bits per heavy atom. The Morgan fingerprint density at radius 3 is 3.04 bits per heavy atom. The molecule has 1 aromatic rings. The van der Waals surface area contributed by atoms with E-state index in [-0.39, 0.29) is 16.5 Å². The van der Waals surface area contributed by atoms with Gasteiger partial charge in [0.15, 0.2) is 6.61 Å². The summed E-state index contributed by atoms with van der Waals surface area (Å²) in [6.07, 6.45) is 1.13. The number of nitrogens with zero attached hydrogens (tertiary/aromatic N) is 1. The number of amides is 2. The summed E-state index contributed by atoms with van der Waals surface area (Å²) in [5.41, 5.74) is 0.287. The van der Waals surface area contributed by atoms with E-state index in [0.29, 0.717) is 18.6 Å². The maximum Gasteiger partial charge on any atom is 0.330 e. The third-order valence-electron chi connectivity index (χ3n) is 4.17. The maximum absolute atomic E-state index is 13.1. The molecule has 8 heteroatoms. The average molecular weight is 352 g/mol. The number of thioether (sulfide) groups is 1. The van der Waals surface area contributed by atoms with E-state index < -0.39 is 30.3 Å². The van der Waals surface area contributed by atoms with Crippen LogP contribution in [0.2, 0.25) is 0 Å². The number of anilines is 1. The second-order valence-corrected chi connectivity index (χ2v) is 7.43. The van der Waals surface area contributed by atoms with Crippen molar-refractivity contribution in [1.82, 2.24) is 4.90 Å². The van der Waals surface area contributed by atoms with Crippen molar-refractivity contribution >= 4 is 35.2 Å². The third-order valence-corrected chi connectivity index (χ3v) is 5.68. The van der Waals surface area contributed by atoms with Crippen molar-refractivity contribution in [3.63, 3.8) is 0 Å². The predicted octanol–water partition coefficient (Wildman–Crippen LogP) is 1.76. The van der Waals surface area contributed by atoms with Crippen molar-refractivity contribution in [2.24, 2.45) is 0 Å². The fourth-order valence-corrected chi connectivity index (χ4v) is 4.41. The molecule has 2 amide bonds. The van der Waals surface area contributed by atoms with E-state index in [1.165, 1.54) is 24.3 Å². The fraction of sp³-hybridized carbons (Fsp3) is 0.438. The largest absolute Gasteiger partial charge is 0.454 e. The highest BCUT2D eigenvalue weighted by atomic mass is 32.2. The second-order valence-electron chi connectivity index (χ2n) is 5.93. The highest BCUT2D eigenvalue weighted by Gasteiger charge is 2.53. The third kappa shape index (κ3) is 3.24. The van der Waals surface area contributed by atoms with Crippen LogP contribution in [0.3, 0.4) is 0 Å². The Balaban J connectivity index is 1.54. The average Bonchev–Trinajstić information content (AvgIpc) is 3.02. The summed E-state index contributed by atoms with van der Waals surface area (Å²) < 4.78 is 18.1. The molecule has 1 aromatic carbocycles. The topological polar surface area (TPSA) is 75.7 Å². The molecule has 2 saturated heterocycles. The van der Waals surface area contributed by atoms with Crippen LogP contribution in [0.5, 0.6) is 0 Å². The summed E-state index contributed by atoms with van der Waals surface area (Å²) in [4.78, 5) is 37.2. The molecule has 0 bridgehead atoms. The summed E-state index contributed by atoms with van der Waals surface area (Å²) in [7, 11) is 0. The number of carbonyl (C=O) groups is 3. The van der Waals surface area contributed by atoms with Crippen molar-refractivity contribution in [3.05, 3.63) is 30.1 Å². The van der Waals surface area contributed by atoms with Crippen LogP contribution in [0.1, 0.15) is 19.8 Å². The lowest BCUT2D eigenvalue weighted by Gasteiger charge is -2.29. The Kier molecular flexibility index (Phi) is 4.49. The lowest BCUT2D eigenvalue weighted by atomic mass is 10.2. The zero-order valence-electron chi connectivity index (χ0n) is 13.1. The summed E-state index contributed by atoms with van der Waals surface area (Å²) in [6.45, 7) is 1.46. The highest BCUT2D eigenvalue weighted by Crippen LogP contribution is 2.47. The first-order chi connectivity index (χ1) is 11.4. The van der Waals surface area contributed by atoms with Gasteiger partial charge in [0.1, 0.15) is 11.9 Å². The summed E-state index contributed by atoms with van der Waals surface area (Å²) >= 11 is 1.56. The molecule has 24 heavy (non-hydrogen) atoms. The van der Waals surface area contributed by atoms with Gasteiger partial charge in [0.25, 0.3) is 5.91 Å². The molecule has 6 nitrogen and oxygen atoms in total. The van der Waals surface area contributed by atoms with Crippen LogP contribution < -0.4 is 5.32 Å². The smallest absolute Gasteiger partial charge is 0.330 e. The minimum absolute atomic E-state index is 0.0614. The molecule has 2 heterocycles. The molecular weight excluding hydrogens is 335 g/mol. The van der Waals surface area contributed by atoms with Crippen LogP contribution in [0.15, 0.2) is 24.3 Å². The molecule has 2 atom stereocenters. The number of esters is 1. The number of benzene rings is 1. The molecular formula is C16H17FN2O4S. The van der Waals surface area contributed by atoms with E-state index in [1.807, 2.05) is 6.92 Å². The second kappa shape index (κ2) is 6.43. The zero-order valence-corrected chi connectivity index (χ0v) is 13.9. The number of hydrogen-bond donors (Lipinski definition) is 1. The van der Waals surface area contributed by atoms with Crippen LogP contribution in [0.4, 0.5) is 10.1 Å². The number of fused-ring (bicyclic) bond motifs is 1.